The van der Waals surface area contributed by atoms with Crippen molar-refractivity contribution in [3.8, 4) is 0 Å². The Kier molecular flexibility index (Phi) is 5.28. The molecule has 132 valence electrons. The van der Waals surface area contributed by atoms with Gasteiger partial charge in [0.05, 0.1) is 12.2 Å². The lowest BCUT2D eigenvalue weighted by atomic mass is 9.97. The summed E-state index contributed by atoms with van der Waals surface area (Å²) in [5.74, 6) is -0.495. The van der Waals surface area contributed by atoms with E-state index in [-0.39, 0.29) is 17.9 Å². The van der Waals surface area contributed by atoms with Gasteiger partial charge < -0.3 is 15.2 Å². The summed E-state index contributed by atoms with van der Waals surface area (Å²) in [5, 5.41) is 12.4. The average molecular weight is 341 g/mol. The van der Waals surface area contributed by atoms with E-state index in [2.05, 4.69) is 46.5 Å². The van der Waals surface area contributed by atoms with Crippen molar-refractivity contribution in [3.63, 3.8) is 0 Å². The first-order chi connectivity index (χ1) is 12.0. The molecule has 6 nitrogen and oxygen atoms in total. The van der Waals surface area contributed by atoms with Crippen LogP contribution in [0.25, 0.3) is 0 Å². The minimum atomic E-state index is -1.05. The second-order valence-electron chi connectivity index (χ2n) is 6.47. The fraction of sp³-hybridized carbons (Fsp3) is 0.421. The number of rotatable bonds is 5. The highest BCUT2D eigenvalue weighted by atomic mass is 16.5. The Bertz CT molecular complexity index is 763. The van der Waals surface area contributed by atoms with Crippen LogP contribution >= 0.6 is 0 Å². The van der Waals surface area contributed by atoms with Crippen molar-refractivity contribution in [1.29, 1.82) is 0 Å². The van der Waals surface area contributed by atoms with E-state index in [1.807, 2.05) is 0 Å². The Morgan fingerprint density at radius 3 is 2.92 bits per heavy atom. The van der Waals surface area contributed by atoms with Gasteiger partial charge in [0.15, 0.2) is 5.69 Å². The predicted molar refractivity (Wildman–Crippen MR) is 94.9 cm³/mol. The van der Waals surface area contributed by atoms with E-state index in [1.165, 1.54) is 17.5 Å². The highest BCUT2D eigenvalue weighted by Gasteiger charge is 2.24. The van der Waals surface area contributed by atoms with Crippen LogP contribution in [0.1, 0.15) is 52.5 Å². The molecular weight excluding hydrogens is 318 g/mol. The monoisotopic (exact) mass is 341 g/mol. The number of anilines is 1. The Morgan fingerprint density at radius 1 is 1.32 bits per heavy atom. The molecule has 2 aromatic rings. The van der Waals surface area contributed by atoms with Crippen LogP contribution in [0.15, 0.2) is 30.6 Å². The number of carboxylic acids is 1. The van der Waals surface area contributed by atoms with Crippen LogP contribution in [-0.2, 0) is 4.74 Å². The first-order valence-electron chi connectivity index (χ1n) is 8.55. The van der Waals surface area contributed by atoms with Crippen LogP contribution in [0.4, 0.5) is 5.82 Å². The van der Waals surface area contributed by atoms with Gasteiger partial charge >= 0.3 is 5.97 Å². The van der Waals surface area contributed by atoms with Gasteiger partial charge in [0.25, 0.3) is 0 Å². The second kappa shape index (κ2) is 7.61. The highest BCUT2D eigenvalue weighted by molar-refractivity contribution is 5.88. The summed E-state index contributed by atoms with van der Waals surface area (Å²) < 4.78 is 6.24. The van der Waals surface area contributed by atoms with Crippen molar-refractivity contribution in [3.05, 3.63) is 53.0 Å². The van der Waals surface area contributed by atoms with Crippen molar-refractivity contribution in [1.82, 2.24) is 9.97 Å². The standard InChI is InChI=1S/C19H23N3O3/c1-12-5-3-6-14(9-12)16-8-4-7-15(25-16)10-20-18-13(2)17(19(23)24)21-11-22-18/h3,5-6,9,11,15-16H,4,7-8,10H2,1-2H3,(H,23,24)(H,20,21,22)/t15-,16?/m0/s1. The lowest BCUT2D eigenvalue weighted by molar-refractivity contribution is -0.0442. The smallest absolute Gasteiger partial charge is 0.354 e. The summed E-state index contributed by atoms with van der Waals surface area (Å²) in [6, 6.07) is 8.44. The van der Waals surface area contributed by atoms with Gasteiger partial charge in [-0.1, -0.05) is 29.8 Å². The molecule has 1 fully saturated rings. The molecule has 1 aromatic carbocycles. The molecule has 0 spiro atoms. The Labute approximate surface area is 147 Å². The van der Waals surface area contributed by atoms with Gasteiger partial charge in [0.1, 0.15) is 12.1 Å². The maximum Gasteiger partial charge on any atom is 0.354 e. The van der Waals surface area contributed by atoms with Crippen LogP contribution in [0.3, 0.4) is 0 Å². The third-order valence-electron chi connectivity index (χ3n) is 4.55. The summed E-state index contributed by atoms with van der Waals surface area (Å²) in [7, 11) is 0. The molecule has 1 aromatic heterocycles. The average Bonchev–Trinajstić information content (AvgIpc) is 2.61. The number of aryl methyl sites for hydroxylation is 1. The summed E-state index contributed by atoms with van der Waals surface area (Å²) in [4.78, 5) is 19.1. The van der Waals surface area contributed by atoms with Crippen molar-refractivity contribution in [2.24, 2.45) is 0 Å². The summed E-state index contributed by atoms with van der Waals surface area (Å²) >= 11 is 0. The first-order valence-corrected chi connectivity index (χ1v) is 8.55. The zero-order valence-electron chi connectivity index (χ0n) is 14.5. The molecule has 2 heterocycles. The van der Waals surface area contributed by atoms with Crippen LogP contribution in [0.5, 0.6) is 0 Å². The minimum Gasteiger partial charge on any atom is -0.476 e. The fourth-order valence-corrected chi connectivity index (χ4v) is 3.22. The molecule has 1 aliphatic rings. The molecular formula is C19H23N3O3. The molecule has 1 aliphatic heterocycles. The van der Waals surface area contributed by atoms with E-state index < -0.39 is 5.97 Å². The second-order valence-corrected chi connectivity index (χ2v) is 6.47. The Morgan fingerprint density at radius 2 is 2.16 bits per heavy atom. The minimum absolute atomic E-state index is 0.0275. The molecule has 0 aliphatic carbocycles. The van der Waals surface area contributed by atoms with Gasteiger partial charge in [-0.15, -0.1) is 0 Å². The fourth-order valence-electron chi connectivity index (χ4n) is 3.22. The number of aromatic carboxylic acids is 1. The zero-order valence-corrected chi connectivity index (χ0v) is 14.5. The number of benzene rings is 1. The molecule has 2 atom stereocenters. The van der Waals surface area contributed by atoms with Gasteiger partial charge in [-0.25, -0.2) is 14.8 Å². The molecule has 1 unspecified atom stereocenters. The third-order valence-corrected chi connectivity index (χ3v) is 4.55. The molecule has 6 heteroatoms. The SMILES string of the molecule is Cc1cccc(C2CCC[C@@H](CNc3ncnc(C(=O)O)c3C)O2)c1. The van der Waals surface area contributed by atoms with Crippen LogP contribution in [0.2, 0.25) is 0 Å². The largest absolute Gasteiger partial charge is 0.476 e. The number of aromatic nitrogens is 2. The molecule has 25 heavy (non-hydrogen) atoms. The normalized spacial score (nSPS) is 20.2. The third kappa shape index (κ3) is 4.14. The molecule has 2 N–H and O–H groups in total. The van der Waals surface area contributed by atoms with E-state index in [0.29, 0.717) is 17.9 Å². The summed E-state index contributed by atoms with van der Waals surface area (Å²) in [6.07, 6.45) is 4.56. The van der Waals surface area contributed by atoms with Crippen molar-refractivity contribution >= 4 is 11.8 Å². The van der Waals surface area contributed by atoms with Crippen molar-refractivity contribution in [2.45, 2.75) is 45.3 Å². The van der Waals surface area contributed by atoms with Crippen molar-refractivity contribution in [2.75, 3.05) is 11.9 Å². The number of carboxylic acid groups (broad SMARTS) is 1. The Balaban J connectivity index is 1.64. The quantitative estimate of drug-likeness (QED) is 0.866. The lowest BCUT2D eigenvalue weighted by Crippen LogP contribution is -2.29. The lowest BCUT2D eigenvalue weighted by Gasteiger charge is -2.31. The van der Waals surface area contributed by atoms with Crippen LogP contribution < -0.4 is 5.32 Å². The van der Waals surface area contributed by atoms with E-state index in [9.17, 15) is 4.79 Å². The number of nitrogens with one attached hydrogen (secondary N) is 1. The van der Waals surface area contributed by atoms with E-state index in [1.54, 1.807) is 6.92 Å². The van der Waals surface area contributed by atoms with E-state index >= 15 is 0 Å². The topological polar surface area (TPSA) is 84.3 Å². The maximum atomic E-state index is 11.2. The molecule has 1 saturated heterocycles. The zero-order chi connectivity index (χ0) is 17.8. The molecule has 0 amide bonds. The first kappa shape index (κ1) is 17.4. The number of hydrogen-bond donors (Lipinski definition) is 2. The highest BCUT2D eigenvalue weighted by Crippen LogP contribution is 2.31. The van der Waals surface area contributed by atoms with Crippen molar-refractivity contribution < 1.29 is 14.6 Å². The summed E-state index contributed by atoms with van der Waals surface area (Å²) in [6.45, 7) is 4.39. The molecule has 3 rings (SSSR count). The molecule has 0 radical (unpaired) electrons. The number of carbonyl (C=O) groups is 1. The summed E-state index contributed by atoms with van der Waals surface area (Å²) in [5.41, 5.74) is 3.02. The van der Waals surface area contributed by atoms with Crippen LogP contribution in [-0.4, -0.2) is 33.7 Å². The van der Waals surface area contributed by atoms with E-state index in [4.69, 9.17) is 9.84 Å². The number of nitrogens with zero attached hydrogens (tertiary/aromatic N) is 2. The van der Waals surface area contributed by atoms with Gasteiger partial charge in [-0.2, -0.15) is 0 Å². The Hall–Kier alpha value is -2.47. The predicted octanol–water partition coefficient (Wildman–Crippen LogP) is 3.51. The van der Waals surface area contributed by atoms with Gasteiger partial charge in [-0.05, 0) is 38.7 Å². The van der Waals surface area contributed by atoms with Gasteiger partial charge in [0.2, 0.25) is 0 Å². The van der Waals surface area contributed by atoms with Crippen LogP contribution in [0, 0.1) is 13.8 Å². The molecule has 0 saturated carbocycles. The number of ether oxygens (including phenoxy) is 1. The maximum absolute atomic E-state index is 11.2. The number of hydrogen-bond acceptors (Lipinski definition) is 5. The van der Waals surface area contributed by atoms with Gasteiger partial charge in [0, 0.05) is 12.1 Å². The van der Waals surface area contributed by atoms with Gasteiger partial charge in [-0.3, -0.25) is 0 Å². The molecule has 0 bridgehead atoms. The van der Waals surface area contributed by atoms with E-state index in [0.717, 1.165) is 19.3 Å².